The Morgan fingerprint density at radius 2 is 1.84 bits per heavy atom. The van der Waals surface area contributed by atoms with Crippen molar-refractivity contribution < 1.29 is 17.9 Å². The van der Waals surface area contributed by atoms with Crippen molar-refractivity contribution in [2.45, 2.75) is 20.5 Å². The average molecular weight is 274 g/mol. The zero-order chi connectivity index (χ0) is 14.2. The van der Waals surface area contributed by atoms with Gasteiger partial charge in [0.25, 0.3) is 0 Å². The highest BCUT2D eigenvalue weighted by Crippen LogP contribution is 2.36. The lowest BCUT2D eigenvalue weighted by Gasteiger charge is -2.21. The van der Waals surface area contributed by atoms with Crippen LogP contribution in [-0.2, 0) is 0 Å². The summed E-state index contributed by atoms with van der Waals surface area (Å²) in [5.74, 6) is -0.388. The number of ether oxygens (including phenoxy) is 1. The molecule has 2 rings (SSSR count). The van der Waals surface area contributed by atoms with Crippen LogP contribution in [0.15, 0.2) is 12.1 Å². The standard InChI is InChI=1S/C13H17F3N2O/c1-7-5-18(6-8(7)2)11-4-12(19-13(15)16)9(14)3-10(11)17/h3-4,7-8,13H,5-6,17H2,1-2H3. The topological polar surface area (TPSA) is 38.5 Å². The Bertz CT molecular complexity index is 457. The Kier molecular flexibility index (Phi) is 3.78. The summed E-state index contributed by atoms with van der Waals surface area (Å²) in [7, 11) is 0. The van der Waals surface area contributed by atoms with Crippen LogP contribution >= 0.6 is 0 Å². The van der Waals surface area contributed by atoms with Crippen LogP contribution in [0.2, 0.25) is 0 Å². The van der Waals surface area contributed by atoms with Crippen LogP contribution < -0.4 is 15.4 Å². The van der Waals surface area contributed by atoms with Crippen LogP contribution in [0.25, 0.3) is 0 Å². The molecule has 0 aliphatic carbocycles. The van der Waals surface area contributed by atoms with Gasteiger partial charge in [0.15, 0.2) is 11.6 Å². The van der Waals surface area contributed by atoms with E-state index in [1.165, 1.54) is 6.07 Å². The minimum atomic E-state index is -3.05. The number of nitrogen functional groups attached to an aromatic ring is 1. The average Bonchev–Trinajstić information content (AvgIpc) is 2.62. The highest BCUT2D eigenvalue weighted by molar-refractivity contribution is 5.70. The molecule has 0 spiro atoms. The minimum absolute atomic E-state index is 0.236. The van der Waals surface area contributed by atoms with E-state index in [2.05, 4.69) is 18.6 Å². The lowest BCUT2D eigenvalue weighted by atomic mass is 10.0. The van der Waals surface area contributed by atoms with E-state index in [1.54, 1.807) is 0 Å². The van der Waals surface area contributed by atoms with Gasteiger partial charge in [0, 0.05) is 25.2 Å². The van der Waals surface area contributed by atoms with E-state index in [1.807, 2.05) is 4.90 Å². The van der Waals surface area contributed by atoms with Crippen LogP contribution in [0.4, 0.5) is 24.5 Å². The third-order valence-corrected chi connectivity index (χ3v) is 3.63. The molecule has 1 aromatic carbocycles. The van der Waals surface area contributed by atoms with Gasteiger partial charge in [-0.2, -0.15) is 8.78 Å². The first-order valence-corrected chi connectivity index (χ1v) is 6.17. The molecule has 6 heteroatoms. The second kappa shape index (κ2) is 5.19. The van der Waals surface area contributed by atoms with E-state index in [0.29, 0.717) is 17.5 Å². The van der Waals surface area contributed by atoms with Gasteiger partial charge in [0.1, 0.15) is 0 Å². The molecule has 1 aromatic rings. The molecule has 3 nitrogen and oxygen atoms in total. The van der Waals surface area contributed by atoms with Gasteiger partial charge in [-0.1, -0.05) is 13.8 Å². The molecule has 106 valence electrons. The van der Waals surface area contributed by atoms with E-state index in [0.717, 1.165) is 19.2 Å². The molecular weight excluding hydrogens is 257 g/mol. The van der Waals surface area contributed by atoms with Gasteiger partial charge in [0.05, 0.1) is 11.4 Å². The zero-order valence-corrected chi connectivity index (χ0v) is 10.9. The van der Waals surface area contributed by atoms with E-state index in [9.17, 15) is 13.2 Å². The van der Waals surface area contributed by atoms with Crippen LogP contribution in [0.1, 0.15) is 13.8 Å². The van der Waals surface area contributed by atoms with Gasteiger partial charge in [-0.15, -0.1) is 0 Å². The van der Waals surface area contributed by atoms with Crippen LogP contribution in [0.3, 0.4) is 0 Å². The Labute approximate surface area is 110 Å². The molecule has 0 saturated carbocycles. The molecule has 0 aromatic heterocycles. The molecule has 19 heavy (non-hydrogen) atoms. The maximum Gasteiger partial charge on any atom is 0.387 e. The van der Waals surface area contributed by atoms with E-state index >= 15 is 0 Å². The predicted molar refractivity (Wildman–Crippen MR) is 68.0 cm³/mol. The Hall–Kier alpha value is -1.59. The normalized spacial score (nSPS) is 23.2. The molecule has 0 amide bonds. The third-order valence-electron chi connectivity index (χ3n) is 3.63. The van der Waals surface area contributed by atoms with Crippen LogP contribution in [0.5, 0.6) is 5.75 Å². The number of alkyl halides is 2. The third kappa shape index (κ3) is 2.88. The van der Waals surface area contributed by atoms with Crippen LogP contribution in [0, 0.1) is 17.7 Å². The van der Waals surface area contributed by atoms with Crippen molar-refractivity contribution in [2.24, 2.45) is 11.8 Å². The van der Waals surface area contributed by atoms with Crippen molar-refractivity contribution in [1.82, 2.24) is 0 Å². The lowest BCUT2D eigenvalue weighted by molar-refractivity contribution is -0.0521. The largest absolute Gasteiger partial charge is 0.432 e. The number of hydrogen-bond acceptors (Lipinski definition) is 3. The van der Waals surface area contributed by atoms with Gasteiger partial charge in [-0.25, -0.2) is 4.39 Å². The van der Waals surface area contributed by atoms with E-state index in [-0.39, 0.29) is 5.69 Å². The first kappa shape index (κ1) is 13.8. The fraction of sp³-hybridized carbons (Fsp3) is 0.538. The maximum atomic E-state index is 13.5. The molecule has 2 N–H and O–H groups in total. The Morgan fingerprint density at radius 1 is 1.26 bits per heavy atom. The number of anilines is 2. The first-order valence-electron chi connectivity index (χ1n) is 6.17. The first-order chi connectivity index (χ1) is 8.88. The monoisotopic (exact) mass is 274 g/mol. The molecule has 1 saturated heterocycles. The predicted octanol–water partition coefficient (Wildman–Crippen LogP) is 3.10. The van der Waals surface area contributed by atoms with Crippen LogP contribution in [-0.4, -0.2) is 19.7 Å². The Balaban J connectivity index is 2.30. The van der Waals surface area contributed by atoms with Crippen molar-refractivity contribution >= 4 is 11.4 Å². The van der Waals surface area contributed by atoms with Gasteiger partial charge in [0.2, 0.25) is 0 Å². The smallest absolute Gasteiger partial charge is 0.387 e. The van der Waals surface area contributed by atoms with Crippen molar-refractivity contribution in [3.8, 4) is 5.75 Å². The lowest BCUT2D eigenvalue weighted by Crippen LogP contribution is -2.21. The summed E-state index contributed by atoms with van der Waals surface area (Å²) in [5, 5.41) is 0. The summed E-state index contributed by atoms with van der Waals surface area (Å²) >= 11 is 0. The van der Waals surface area contributed by atoms with E-state index in [4.69, 9.17) is 5.73 Å². The van der Waals surface area contributed by atoms with Crippen molar-refractivity contribution in [2.75, 3.05) is 23.7 Å². The zero-order valence-electron chi connectivity index (χ0n) is 10.9. The number of benzene rings is 1. The van der Waals surface area contributed by atoms with Crippen molar-refractivity contribution in [1.29, 1.82) is 0 Å². The number of hydrogen-bond donors (Lipinski definition) is 1. The number of halogens is 3. The quantitative estimate of drug-likeness (QED) is 0.861. The van der Waals surface area contributed by atoms with Gasteiger partial charge in [-0.3, -0.25) is 0 Å². The summed E-state index contributed by atoms with van der Waals surface area (Å²) in [4.78, 5) is 1.97. The van der Waals surface area contributed by atoms with Crippen molar-refractivity contribution in [3.63, 3.8) is 0 Å². The van der Waals surface area contributed by atoms with Gasteiger partial charge >= 0.3 is 6.61 Å². The highest BCUT2D eigenvalue weighted by atomic mass is 19.3. The Morgan fingerprint density at radius 3 is 2.37 bits per heavy atom. The van der Waals surface area contributed by atoms with E-state index < -0.39 is 18.2 Å². The second-order valence-electron chi connectivity index (χ2n) is 5.08. The SMILES string of the molecule is CC1CN(c2cc(OC(F)F)c(F)cc2N)CC1C. The highest BCUT2D eigenvalue weighted by Gasteiger charge is 2.28. The fourth-order valence-electron chi connectivity index (χ4n) is 2.34. The number of nitrogens with two attached hydrogens (primary N) is 1. The molecule has 2 atom stereocenters. The molecular formula is C13H17F3N2O. The summed E-state index contributed by atoms with van der Waals surface area (Å²) < 4.78 is 42.0. The molecule has 1 fully saturated rings. The summed E-state index contributed by atoms with van der Waals surface area (Å²) in [6, 6.07) is 2.28. The molecule has 2 unspecified atom stereocenters. The second-order valence-corrected chi connectivity index (χ2v) is 5.08. The number of nitrogens with zero attached hydrogens (tertiary/aromatic N) is 1. The molecule has 1 heterocycles. The minimum Gasteiger partial charge on any atom is -0.432 e. The molecule has 1 aliphatic heterocycles. The van der Waals surface area contributed by atoms with Crippen molar-refractivity contribution in [3.05, 3.63) is 17.9 Å². The fourth-order valence-corrected chi connectivity index (χ4v) is 2.34. The number of rotatable bonds is 3. The maximum absolute atomic E-state index is 13.5. The van der Waals surface area contributed by atoms with Gasteiger partial charge in [-0.05, 0) is 11.8 Å². The summed E-state index contributed by atoms with van der Waals surface area (Å²) in [6.07, 6.45) is 0. The molecule has 0 radical (unpaired) electrons. The summed E-state index contributed by atoms with van der Waals surface area (Å²) in [5.41, 5.74) is 6.55. The molecule has 1 aliphatic rings. The van der Waals surface area contributed by atoms with Gasteiger partial charge < -0.3 is 15.4 Å². The molecule has 0 bridgehead atoms. The summed E-state index contributed by atoms with van der Waals surface area (Å²) in [6.45, 7) is 2.71.